The van der Waals surface area contributed by atoms with E-state index in [2.05, 4.69) is 20.2 Å². The van der Waals surface area contributed by atoms with Gasteiger partial charge in [-0.2, -0.15) is 5.10 Å². The second kappa shape index (κ2) is 6.87. The van der Waals surface area contributed by atoms with Gasteiger partial charge >= 0.3 is 0 Å². The Labute approximate surface area is 135 Å². The highest BCUT2D eigenvalue weighted by molar-refractivity contribution is 5.79. The first kappa shape index (κ1) is 15.6. The summed E-state index contributed by atoms with van der Waals surface area (Å²) in [5, 5.41) is 7.09. The van der Waals surface area contributed by atoms with Gasteiger partial charge in [-0.1, -0.05) is 0 Å². The number of pyridine rings is 1. The molecule has 1 aliphatic heterocycles. The Kier molecular flexibility index (Phi) is 4.66. The molecular weight excluding hydrogens is 292 g/mol. The Balaban J connectivity index is 1.60. The summed E-state index contributed by atoms with van der Waals surface area (Å²) in [5.41, 5.74) is 1.15. The summed E-state index contributed by atoms with van der Waals surface area (Å²) in [5.74, 6) is 1.64. The lowest BCUT2D eigenvalue weighted by Crippen LogP contribution is -2.38. The van der Waals surface area contributed by atoms with E-state index in [-0.39, 0.29) is 11.9 Å². The fourth-order valence-electron chi connectivity index (χ4n) is 3.02. The van der Waals surface area contributed by atoms with Crippen molar-refractivity contribution in [3.05, 3.63) is 41.7 Å². The maximum atomic E-state index is 12.6. The van der Waals surface area contributed by atoms with Crippen molar-refractivity contribution in [2.75, 3.05) is 20.1 Å². The number of carbonyl (C=O) groups excluding carboxylic acids is 1. The summed E-state index contributed by atoms with van der Waals surface area (Å²) in [6.45, 7) is 3.77. The van der Waals surface area contributed by atoms with E-state index in [0.717, 1.165) is 43.1 Å². The minimum atomic E-state index is 0.00164. The Morgan fingerprint density at radius 2 is 2.22 bits per heavy atom. The van der Waals surface area contributed by atoms with Crippen LogP contribution in [0.25, 0.3) is 0 Å². The molecule has 0 saturated carbocycles. The normalized spacial score (nSPS) is 17.9. The van der Waals surface area contributed by atoms with Crippen molar-refractivity contribution in [3.8, 4) is 0 Å². The van der Waals surface area contributed by atoms with Crippen molar-refractivity contribution in [2.24, 2.45) is 0 Å². The van der Waals surface area contributed by atoms with Gasteiger partial charge in [0.15, 0.2) is 5.82 Å². The zero-order chi connectivity index (χ0) is 16.2. The molecule has 122 valence electrons. The van der Waals surface area contributed by atoms with Gasteiger partial charge in [-0.05, 0) is 44.5 Å². The van der Waals surface area contributed by atoms with Crippen LogP contribution in [0.4, 0.5) is 0 Å². The van der Waals surface area contributed by atoms with Gasteiger partial charge in [0.1, 0.15) is 5.82 Å². The number of H-pyrrole nitrogens is 1. The number of rotatable bonds is 5. The third-order valence-corrected chi connectivity index (χ3v) is 4.09. The minimum absolute atomic E-state index is 0.00164. The third kappa shape index (κ3) is 3.73. The van der Waals surface area contributed by atoms with Gasteiger partial charge in [-0.25, -0.2) is 4.98 Å². The molecule has 2 aromatic heterocycles. The smallest absolute Gasteiger partial charge is 0.237 e. The summed E-state index contributed by atoms with van der Waals surface area (Å²) in [6, 6.07) is 3.94. The van der Waals surface area contributed by atoms with E-state index in [1.54, 1.807) is 12.4 Å². The van der Waals surface area contributed by atoms with Crippen LogP contribution in [0.1, 0.15) is 36.1 Å². The highest BCUT2D eigenvalue weighted by atomic mass is 16.2. The molecule has 0 aliphatic carbocycles. The van der Waals surface area contributed by atoms with Crippen LogP contribution in [-0.4, -0.2) is 56.0 Å². The Morgan fingerprint density at radius 3 is 2.91 bits per heavy atom. The molecule has 0 aromatic carbocycles. The molecular formula is C16H22N6O. The molecule has 23 heavy (non-hydrogen) atoms. The number of nitrogens with zero attached hydrogens (tertiary/aromatic N) is 5. The van der Waals surface area contributed by atoms with E-state index < -0.39 is 0 Å². The number of amides is 1. The van der Waals surface area contributed by atoms with E-state index in [0.29, 0.717) is 6.54 Å². The van der Waals surface area contributed by atoms with Crippen molar-refractivity contribution in [2.45, 2.75) is 32.4 Å². The number of nitrogens with one attached hydrogen (secondary N) is 1. The minimum Gasteiger partial charge on any atom is -0.331 e. The topological polar surface area (TPSA) is 78.0 Å². The monoisotopic (exact) mass is 314 g/mol. The van der Waals surface area contributed by atoms with Crippen molar-refractivity contribution >= 4 is 5.91 Å². The van der Waals surface area contributed by atoms with Gasteiger partial charge < -0.3 is 4.90 Å². The first-order valence-electron chi connectivity index (χ1n) is 7.89. The molecule has 3 heterocycles. The van der Waals surface area contributed by atoms with Crippen LogP contribution in [-0.2, 0) is 11.3 Å². The van der Waals surface area contributed by atoms with Gasteiger partial charge in [0, 0.05) is 25.5 Å². The van der Waals surface area contributed by atoms with E-state index in [4.69, 9.17) is 0 Å². The fraction of sp³-hybridized carbons (Fsp3) is 0.500. The number of aryl methyl sites for hydroxylation is 1. The van der Waals surface area contributed by atoms with Crippen LogP contribution < -0.4 is 0 Å². The number of likely N-dealkylation sites (tertiary alicyclic amines) is 1. The molecule has 1 N–H and O–H groups in total. The molecule has 1 aliphatic rings. The first-order chi connectivity index (χ1) is 11.1. The SMILES string of the molecule is Cc1nc([C@H]2CCCN2C(=O)CN(C)Cc2ccncc2)n[nH]1. The van der Waals surface area contributed by atoms with Gasteiger partial charge in [-0.15, -0.1) is 0 Å². The summed E-state index contributed by atoms with van der Waals surface area (Å²) in [6.07, 6.45) is 5.47. The highest BCUT2D eigenvalue weighted by Crippen LogP contribution is 2.29. The second-order valence-electron chi connectivity index (χ2n) is 6.05. The average Bonchev–Trinajstić information content (AvgIpc) is 3.16. The molecule has 1 amide bonds. The number of aromatic nitrogens is 4. The van der Waals surface area contributed by atoms with E-state index >= 15 is 0 Å². The van der Waals surface area contributed by atoms with Crippen LogP contribution in [0.15, 0.2) is 24.5 Å². The predicted octanol–water partition coefficient (Wildman–Crippen LogP) is 1.30. The molecule has 1 atom stereocenters. The van der Waals surface area contributed by atoms with Crippen molar-refractivity contribution in [1.29, 1.82) is 0 Å². The van der Waals surface area contributed by atoms with Crippen LogP contribution in [0.2, 0.25) is 0 Å². The van der Waals surface area contributed by atoms with Gasteiger partial charge in [0.25, 0.3) is 0 Å². The van der Waals surface area contributed by atoms with Crippen molar-refractivity contribution in [3.63, 3.8) is 0 Å². The van der Waals surface area contributed by atoms with Gasteiger partial charge in [0.2, 0.25) is 5.91 Å². The third-order valence-electron chi connectivity index (χ3n) is 4.09. The standard InChI is InChI=1S/C16H22N6O/c1-12-18-16(20-19-12)14-4-3-9-22(14)15(23)11-21(2)10-13-5-7-17-8-6-13/h5-8,14H,3-4,9-11H2,1-2H3,(H,18,19,20)/t14-/m1/s1. The lowest BCUT2D eigenvalue weighted by Gasteiger charge is -2.25. The molecule has 0 unspecified atom stereocenters. The predicted molar refractivity (Wildman–Crippen MR) is 85.4 cm³/mol. The summed E-state index contributed by atoms with van der Waals surface area (Å²) < 4.78 is 0. The molecule has 1 fully saturated rings. The Morgan fingerprint density at radius 1 is 1.43 bits per heavy atom. The van der Waals surface area contributed by atoms with E-state index in [1.165, 1.54) is 0 Å². The fourth-order valence-corrected chi connectivity index (χ4v) is 3.02. The highest BCUT2D eigenvalue weighted by Gasteiger charge is 2.32. The number of hydrogen-bond donors (Lipinski definition) is 1. The molecule has 7 heteroatoms. The molecule has 0 radical (unpaired) electrons. The quantitative estimate of drug-likeness (QED) is 0.900. The molecule has 3 rings (SSSR count). The molecule has 2 aromatic rings. The van der Waals surface area contributed by atoms with Crippen molar-refractivity contribution in [1.82, 2.24) is 30.0 Å². The number of aromatic amines is 1. The van der Waals surface area contributed by atoms with Crippen LogP contribution >= 0.6 is 0 Å². The van der Waals surface area contributed by atoms with Crippen molar-refractivity contribution < 1.29 is 4.79 Å². The first-order valence-corrected chi connectivity index (χ1v) is 7.89. The van der Waals surface area contributed by atoms with E-state index in [1.807, 2.05) is 35.9 Å². The summed E-state index contributed by atoms with van der Waals surface area (Å²) in [7, 11) is 1.96. The largest absolute Gasteiger partial charge is 0.331 e. The van der Waals surface area contributed by atoms with Gasteiger partial charge in [0.05, 0.1) is 12.6 Å². The zero-order valence-corrected chi connectivity index (χ0v) is 13.6. The molecule has 7 nitrogen and oxygen atoms in total. The lowest BCUT2D eigenvalue weighted by molar-refractivity contribution is -0.133. The average molecular weight is 314 g/mol. The van der Waals surface area contributed by atoms with Gasteiger partial charge in [-0.3, -0.25) is 19.8 Å². The van der Waals surface area contributed by atoms with Crippen LogP contribution in [0, 0.1) is 6.92 Å². The summed E-state index contributed by atoms with van der Waals surface area (Å²) >= 11 is 0. The molecule has 0 spiro atoms. The van der Waals surface area contributed by atoms with E-state index in [9.17, 15) is 4.79 Å². The Bertz CT molecular complexity index is 656. The number of hydrogen-bond acceptors (Lipinski definition) is 5. The molecule has 1 saturated heterocycles. The van der Waals surface area contributed by atoms with Crippen LogP contribution in [0.5, 0.6) is 0 Å². The summed E-state index contributed by atoms with van der Waals surface area (Å²) in [4.78, 5) is 25.0. The maximum Gasteiger partial charge on any atom is 0.237 e. The number of carbonyl (C=O) groups is 1. The van der Waals surface area contributed by atoms with Crippen LogP contribution in [0.3, 0.4) is 0 Å². The second-order valence-corrected chi connectivity index (χ2v) is 6.05. The Hall–Kier alpha value is -2.28. The molecule has 0 bridgehead atoms. The lowest BCUT2D eigenvalue weighted by atomic mass is 10.2. The maximum absolute atomic E-state index is 12.6. The number of likely N-dealkylation sites (N-methyl/N-ethyl adjacent to an activating group) is 1. The zero-order valence-electron chi connectivity index (χ0n) is 13.6.